The van der Waals surface area contributed by atoms with Crippen molar-refractivity contribution < 1.29 is 27.1 Å². The van der Waals surface area contributed by atoms with Crippen molar-refractivity contribution in [1.29, 1.82) is 0 Å². The first-order valence-corrected chi connectivity index (χ1v) is 9.46. The molecule has 142 valence electrons. The zero-order valence-electron chi connectivity index (χ0n) is 13.9. The van der Waals surface area contributed by atoms with Gasteiger partial charge in [-0.15, -0.1) is 6.58 Å². The van der Waals surface area contributed by atoms with Crippen LogP contribution in [0.1, 0.15) is 20.7 Å². The zero-order chi connectivity index (χ0) is 20.0. The summed E-state index contributed by atoms with van der Waals surface area (Å²) in [6.07, 6.45) is 1.35. The highest BCUT2D eigenvalue weighted by Crippen LogP contribution is 2.23. The summed E-state index contributed by atoms with van der Waals surface area (Å²) >= 11 is 5.90. The zero-order valence-corrected chi connectivity index (χ0v) is 15.5. The molecule has 0 radical (unpaired) electrons. The molecule has 0 unspecified atom stereocenters. The number of sulfonamides is 1. The molecule has 0 atom stereocenters. The Labute approximate surface area is 160 Å². The van der Waals surface area contributed by atoms with Gasteiger partial charge >= 0.3 is 5.97 Å². The molecule has 0 aliphatic heterocycles. The predicted molar refractivity (Wildman–Crippen MR) is 97.9 cm³/mol. The second-order valence-electron chi connectivity index (χ2n) is 5.29. The molecule has 0 amide bonds. The Kier molecular flexibility index (Phi) is 6.84. The van der Waals surface area contributed by atoms with Crippen molar-refractivity contribution in [3.05, 3.63) is 77.1 Å². The molecule has 9 heteroatoms. The molecule has 2 aromatic rings. The lowest BCUT2D eigenvalue weighted by molar-refractivity contribution is 0.0474. The van der Waals surface area contributed by atoms with Crippen LogP contribution < -0.4 is 4.72 Å². The van der Waals surface area contributed by atoms with Gasteiger partial charge in [0.2, 0.25) is 10.0 Å². The molecule has 2 aromatic carbocycles. The first-order chi connectivity index (χ1) is 12.7. The number of halogens is 2. The standard InChI is InChI=1S/C18H15ClFNO5S/c1-2-9-21-27(24,25)17-10-13(5-8-15(17)19)18(23)26-11-16(22)12-3-6-14(20)7-4-12/h2-8,10,21H,1,9,11H2. The lowest BCUT2D eigenvalue weighted by Gasteiger charge is -2.09. The van der Waals surface area contributed by atoms with E-state index < -0.39 is 34.2 Å². The molecule has 0 saturated carbocycles. The molecule has 2 rings (SSSR count). The van der Waals surface area contributed by atoms with E-state index in [0.29, 0.717) is 0 Å². The fourth-order valence-corrected chi connectivity index (χ4v) is 3.54. The lowest BCUT2D eigenvalue weighted by atomic mass is 10.1. The van der Waals surface area contributed by atoms with Crippen LogP contribution in [-0.2, 0) is 14.8 Å². The Morgan fingerprint density at radius 3 is 2.41 bits per heavy atom. The summed E-state index contributed by atoms with van der Waals surface area (Å²) < 4.78 is 44.4. The number of carbonyl (C=O) groups is 2. The Morgan fingerprint density at radius 1 is 1.15 bits per heavy atom. The number of nitrogens with one attached hydrogen (secondary N) is 1. The molecule has 27 heavy (non-hydrogen) atoms. The fourth-order valence-electron chi connectivity index (χ4n) is 2.02. The Bertz CT molecular complexity index is 974. The van der Waals surface area contributed by atoms with E-state index in [1.165, 1.54) is 30.3 Å². The smallest absolute Gasteiger partial charge is 0.338 e. The molecule has 0 heterocycles. The van der Waals surface area contributed by atoms with Crippen molar-refractivity contribution in [2.24, 2.45) is 0 Å². The minimum absolute atomic E-state index is 0.0144. The summed E-state index contributed by atoms with van der Waals surface area (Å²) in [7, 11) is -3.95. The quantitative estimate of drug-likeness (QED) is 0.410. The highest BCUT2D eigenvalue weighted by atomic mass is 35.5. The van der Waals surface area contributed by atoms with E-state index >= 15 is 0 Å². The molecule has 0 bridgehead atoms. The van der Waals surface area contributed by atoms with E-state index in [4.69, 9.17) is 16.3 Å². The van der Waals surface area contributed by atoms with Crippen LogP contribution >= 0.6 is 11.6 Å². The third kappa shape index (κ3) is 5.46. The number of esters is 1. The molecule has 0 saturated heterocycles. The number of hydrogen-bond donors (Lipinski definition) is 1. The topological polar surface area (TPSA) is 89.5 Å². The number of ether oxygens (including phenoxy) is 1. The molecule has 1 N–H and O–H groups in total. The van der Waals surface area contributed by atoms with Crippen LogP contribution in [0.4, 0.5) is 4.39 Å². The van der Waals surface area contributed by atoms with E-state index in [1.54, 1.807) is 0 Å². The second-order valence-corrected chi connectivity index (χ2v) is 7.43. The average Bonchev–Trinajstić information content (AvgIpc) is 2.65. The van der Waals surface area contributed by atoms with Crippen LogP contribution in [0.5, 0.6) is 0 Å². The van der Waals surface area contributed by atoms with Gasteiger partial charge in [-0.3, -0.25) is 4.79 Å². The second kappa shape index (κ2) is 8.90. The van der Waals surface area contributed by atoms with Gasteiger partial charge in [0.25, 0.3) is 0 Å². The summed E-state index contributed by atoms with van der Waals surface area (Å²) in [6.45, 7) is 2.82. The van der Waals surface area contributed by atoms with Crippen LogP contribution in [0.2, 0.25) is 5.02 Å². The number of benzene rings is 2. The maximum Gasteiger partial charge on any atom is 0.338 e. The third-order valence-electron chi connectivity index (χ3n) is 3.37. The van der Waals surface area contributed by atoms with Crippen molar-refractivity contribution in [3.8, 4) is 0 Å². The molecule has 6 nitrogen and oxygen atoms in total. The van der Waals surface area contributed by atoms with Crippen molar-refractivity contribution >= 4 is 33.4 Å². The van der Waals surface area contributed by atoms with Crippen molar-refractivity contribution in [3.63, 3.8) is 0 Å². The minimum Gasteiger partial charge on any atom is -0.454 e. The number of hydrogen-bond acceptors (Lipinski definition) is 5. The van der Waals surface area contributed by atoms with Gasteiger partial charge in [0, 0.05) is 12.1 Å². The van der Waals surface area contributed by atoms with Gasteiger partial charge < -0.3 is 4.74 Å². The van der Waals surface area contributed by atoms with E-state index in [9.17, 15) is 22.4 Å². The molecule has 0 spiro atoms. The van der Waals surface area contributed by atoms with Gasteiger partial charge in [0.05, 0.1) is 10.6 Å². The summed E-state index contributed by atoms with van der Waals surface area (Å²) in [5.74, 6) is -1.93. The summed E-state index contributed by atoms with van der Waals surface area (Å²) in [4.78, 5) is 23.8. The van der Waals surface area contributed by atoms with Crippen LogP contribution in [0.25, 0.3) is 0 Å². The van der Waals surface area contributed by atoms with Gasteiger partial charge in [-0.2, -0.15) is 0 Å². The first-order valence-electron chi connectivity index (χ1n) is 7.60. The molecule has 0 aromatic heterocycles. The summed E-state index contributed by atoms with van der Waals surface area (Å²) in [5, 5.41) is -0.0782. The minimum atomic E-state index is -3.95. The largest absolute Gasteiger partial charge is 0.454 e. The normalized spacial score (nSPS) is 11.0. The summed E-state index contributed by atoms with van der Waals surface area (Å²) in [5.41, 5.74) is 0.0856. The van der Waals surface area contributed by atoms with Crippen LogP contribution in [0.15, 0.2) is 60.0 Å². The highest BCUT2D eigenvalue weighted by Gasteiger charge is 2.20. The Hall–Kier alpha value is -2.55. The monoisotopic (exact) mass is 411 g/mol. The fraction of sp³-hybridized carbons (Fsp3) is 0.111. The third-order valence-corrected chi connectivity index (χ3v) is 5.28. The number of carbonyl (C=O) groups excluding carboxylic acids is 2. The predicted octanol–water partition coefficient (Wildman–Crippen LogP) is 2.98. The maximum absolute atomic E-state index is 12.9. The van der Waals surface area contributed by atoms with Crippen molar-refractivity contribution in [2.75, 3.05) is 13.2 Å². The molecule has 0 aliphatic carbocycles. The Morgan fingerprint density at radius 2 is 1.78 bits per heavy atom. The number of ketones is 1. The van der Waals surface area contributed by atoms with E-state index in [-0.39, 0.29) is 27.6 Å². The van der Waals surface area contributed by atoms with Gasteiger partial charge in [0.1, 0.15) is 10.7 Å². The molecule has 0 aliphatic rings. The summed E-state index contributed by atoms with van der Waals surface area (Å²) in [6, 6.07) is 8.33. The highest BCUT2D eigenvalue weighted by molar-refractivity contribution is 7.89. The van der Waals surface area contributed by atoms with Gasteiger partial charge in [-0.25, -0.2) is 22.3 Å². The van der Waals surface area contributed by atoms with Crippen LogP contribution in [-0.4, -0.2) is 33.3 Å². The van der Waals surface area contributed by atoms with Crippen LogP contribution in [0, 0.1) is 5.82 Å². The molecular weight excluding hydrogens is 397 g/mol. The van der Waals surface area contributed by atoms with Crippen molar-refractivity contribution in [1.82, 2.24) is 4.72 Å². The number of Topliss-reactive ketones (excluding diaryl/α,β-unsaturated/α-hetero) is 1. The van der Waals surface area contributed by atoms with E-state index in [1.807, 2.05) is 0 Å². The first kappa shape index (κ1) is 20.8. The maximum atomic E-state index is 12.9. The SMILES string of the molecule is C=CCNS(=O)(=O)c1cc(C(=O)OCC(=O)c2ccc(F)cc2)ccc1Cl. The Balaban J connectivity index is 2.12. The van der Waals surface area contributed by atoms with Gasteiger partial charge in [0.15, 0.2) is 12.4 Å². The molecular formula is C18H15ClFNO5S. The van der Waals surface area contributed by atoms with Crippen molar-refractivity contribution in [2.45, 2.75) is 4.90 Å². The van der Waals surface area contributed by atoms with Gasteiger partial charge in [-0.1, -0.05) is 17.7 Å². The van der Waals surface area contributed by atoms with Gasteiger partial charge in [-0.05, 0) is 42.5 Å². The average molecular weight is 412 g/mol. The number of rotatable bonds is 8. The lowest BCUT2D eigenvalue weighted by Crippen LogP contribution is -2.24. The van der Waals surface area contributed by atoms with E-state index in [2.05, 4.69) is 11.3 Å². The van der Waals surface area contributed by atoms with Crippen LogP contribution in [0.3, 0.4) is 0 Å². The van der Waals surface area contributed by atoms with E-state index in [0.717, 1.165) is 18.2 Å². The molecule has 0 fully saturated rings.